The predicted octanol–water partition coefficient (Wildman–Crippen LogP) is 1.96. The van der Waals surface area contributed by atoms with E-state index in [0.717, 1.165) is 10.6 Å². The Balaban J connectivity index is 1.93. The van der Waals surface area contributed by atoms with E-state index in [0.29, 0.717) is 30.8 Å². The largest absolute Gasteiger partial charge is 0.469 e. The summed E-state index contributed by atoms with van der Waals surface area (Å²) in [5.41, 5.74) is 7.51. The fourth-order valence-electron chi connectivity index (χ4n) is 1.81. The lowest BCUT2D eigenvalue weighted by Crippen LogP contribution is -2.12. The number of aromatic nitrogens is 1. The van der Waals surface area contributed by atoms with Gasteiger partial charge in [0.25, 0.3) is 5.91 Å². The maximum Gasteiger partial charge on any atom is 0.305 e. The second-order valence-corrected chi connectivity index (χ2v) is 5.50. The van der Waals surface area contributed by atoms with Crippen molar-refractivity contribution in [2.24, 2.45) is 5.73 Å². The first-order valence-corrected chi connectivity index (χ1v) is 7.62. The van der Waals surface area contributed by atoms with Crippen LogP contribution in [0.2, 0.25) is 0 Å². The molecule has 0 aliphatic heterocycles. The van der Waals surface area contributed by atoms with E-state index in [2.05, 4.69) is 15.0 Å². The summed E-state index contributed by atoms with van der Waals surface area (Å²) >= 11 is 1.36. The number of hydrogen-bond acceptors (Lipinski definition) is 6. The molecule has 6 nitrogen and oxygen atoms in total. The maximum atomic E-state index is 12.0. The molecule has 1 amide bonds. The van der Waals surface area contributed by atoms with Gasteiger partial charge in [0, 0.05) is 24.0 Å². The van der Waals surface area contributed by atoms with Crippen LogP contribution in [0.4, 0.5) is 5.69 Å². The summed E-state index contributed by atoms with van der Waals surface area (Å²) in [6, 6.07) is 7.32. The zero-order valence-electron chi connectivity index (χ0n) is 12.2. The standard InChI is InChI=1S/C15H17N3O3S/c1-21-14(19)7-4-10-2-5-11(6-3-10)17-15(20)12-9-22-13(8-16)18-12/h2-3,5-6,9H,4,7-8,16H2,1H3,(H,17,20). The number of aryl methyl sites for hydroxylation is 1. The van der Waals surface area contributed by atoms with Crippen LogP contribution < -0.4 is 11.1 Å². The molecule has 0 aliphatic carbocycles. The molecule has 116 valence electrons. The fourth-order valence-corrected chi connectivity index (χ4v) is 2.46. The van der Waals surface area contributed by atoms with Gasteiger partial charge in [0.1, 0.15) is 10.7 Å². The van der Waals surface area contributed by atoms with Gasteiger partial charge < -0.3 is 15.8 Å². The van der Waals surface area contributed by atoms with Gasteiger partial charge in [-0.15, -0.1) is 11.3 Å². The number of ether oxygens (including phenoxy) is 1. The van der Waals surface area contributed by atoms with Crippen LogP contribution in [0.3, 0.4) is 0 Å². The molecule has 3 N–H and O–H groups in total. The van der Waals surface area contributed by atoms with Crippen molar-refractivity contribution in [1.82, 2.24) is 4.98 Å². The molecule has 2 rings (SSSR count). The van der Waals surface area contributed by atoms with E-state index in [-0.39, 0.29) is 11.9 Å². The molecule has 22 heavy (non-hydrogen) atoms. The third kappa shape index (κ3) is 4.37. The van der Waals surface area contributed by atoms with Crippen molar-refractivity contribution in [2.75, 3.05) is 12.4 Å². The van der Waals surface area contributed by atoms with Gasteiger partial charge in [-0.3, -0.25) is 9.59 Å². The molecule has 0 unspecified atom stereocenters. The second kappa shape index (κ2) is 7.67. The van der Waals surface area contributed by atoms with E-state index in [9.17, 15) is 9.59 Å². The van der Waals surface area contributed by atoms with Crippen molar-refractivity contribution in [3.63, 3.8) is 0 Å². The van der Waals surface area contributed by atoms with Crippen molar-refractivity contribution in [1.29, 1.82) is 0 Å². The molecule has 0 spiro atoms. The summed E-state index contributed by atoms with van der Waals surface area (Å²) in [5, 5.41) is 5.18. The summed E-state index contributed by atoms with van der Waals surface area (Å²) in [6.45, 7) is 0.326. The van der Waals surface area contributed by atoms with Crippen LogP contribution in [-0.2, 0) is 22.5 Å². The number of esters is 1. The lowest BCUT2D eigenvalue weighted by Gasteiger charge is -2.05. The molecule has 0 bridgehead atoms. The molecule has 1 aromatic heterocycles. The van der Waals surface area contributed by atoms with Gasteiger partial charge in [-0.05, 0) is 24.1 Å². The highest BCUT2D eigenvalue weighted by Gasteiger charge is 2.10. The van der Waals surface area contributed by atoms with Crippen molar-refractivity contribution < 1.29 is 14.3 Å². The Morgan fingerprint density at radius 2 is 2.05 bits per heavy atom. The lowest BCUT2D eigenvalue weighted by atomic mass is 10.1. The Kier molecular flexibility index (Phi) is 5.62. The predicted molar refractivity (Wildman–Crippen MR) is 84.7 cm³/mol. The van der Waals surface area contributed by atoms with Crippen LogP contribution in [0.25, 0.3) is 0 Å². The summed E-state index contributed by atoms with van der Waals surface area (Å²) in [4.78, 5) is 27.2. The minimum absolute atomic E-state index is 0.239. The molecule has 0 aliphatic rings. The van der Waals surface area contributed by atoms with Gasteiger partial charge >= 0.3 is 5.97 Å². The number of carbonyl (C=O) groups is 2. The number of rotatable bonds is 6. The van der Waals surface area contributed by atoms with Gasteiger partial charge in [-0.2, -0.15) is 0 Å². The average Bonchev–Trinajstić information content (AvgIpc) is 3.03. The minimum atomic E-state index is -0.265. The average molecular weight is 319 g/mol. The van der Waals surface area contributed by atoms with Crippen LogP contribution in [0.5, 0.6) is 0 Å². The molecule has 0 fully saturated rings. The minimum Gasteiger partial charge on any atom is -0.469 e. The Morgan fingerprint density at radius 3 is 2.64 bits per heavy atom. The summed E-state index contributed by atoms with van der Waals surface area (Å²) in [7, 11) is 1.37. The number of nitrogens with zero attached hydrogens (tertiary/aromatic N) is 1. The fraction of sp³-hybridized carbons (Fsp3) is 0.267. The molecule has 0 saturated heterocycles. The topological polar surface area (TPSA) is 94.3 Å². The SMILES string of the molecule is COC(=O)CCc1ccc(NC(=O)c2csc(CN)n2)cc1. The van der Waals surface area contributed by atoms with Gasteiger partial charge in [0.05, 0.1) is 7.11 Å². The first kappa shape index (κ1) is 16.1. The number of nitrogens with two attached hydrogens (primary N) is 1. The van der Waals surface area contributed by atoms with Crippen LogP contribution in [0.15, 0.2) is 29.6 Å². The Morgan fingerprint density at radius 1 is 1.32 bits per heavy atom. The quantitative estimate of drug-likeness (QED) is 0.794. The summed E-state index contributed by atoms with van der Waals surface area (Å²) < 4.78 is 4.60. The van der Waals surface area contributed by atoms with Gasteiger partial charge in [-0.1, -0.05) is 12.1 Å². The maximum absolute atomic E-state index is 12.0. The van der Waals surface area contributed by atoms with Crippen molar-refractivity contribution >= 4 is 28.9 Å². The van der Waals surface area contributed by atoms with Crippen LogP contribution >= 0.6 is 11.3 Å². The molecular weight excluding hydrogens is 302 g/mol. The number of thiazole rings is 1. The highest BCUT2D eigenvalue weighted by atomic mass is 32.1. The molecule has 7 heteroatoms. The highest BCUT2D eigenvalue weighted by molar-refractivity contribution is 7.09. The van der Waals surface area contributed by atoms with Crippen LogP contribution in [-0.4, -0.2) is 24.0 Å². The second-order valence-electron chi connectivity index (χ2n) is 4.56. The van der Waals surface area contributed by atoms with E-state index < -0.39 is 0 Å². The number of nitrogens with one attached hydrogen (secondary N) is 1. The highest BCUT2D eigenvalue weighted by Crippen LogP contribution is 2.14. The van der Waals surface area contributed by atoms with Crippen molar-refractivity contribution in [3.8, 4) is 0 Å². The number of amides is 1. The molecule has 0 atom stereocenters. The Hall–Kier alpha value is -2.25. The normalized spacial score (nSPS) is 10.3. The molecule has 0 saturated carbocycles. The Bertz CT molecular complexity index is 652. The first-order chi connectivity index (χ1) is 10.6. The monoisotopic (exact) mass is 319 g/mol. The molecule has 0 radical (unpaired) electrons. The van der Waals surface area contributed by atoms with Gasteiger partial charge in [0.2, 0.25) is 0 Å². The van der Waals surface area contributed by atoms with E-state index in [1.54, 1.807) is 17.5 Å². The molecule has 2 aromatic rings. The zero-order chi connectivity index (χ0) is 15.9. The molecule has 1 aromatic carbocycles. The molecular formula is C15H17N3O3S. The number of anilines is 1. The number of methoxy groups -OCH3 is 1. The Labute approximate surface area is 132 Å². The smallest absolute Gasteiger partial charge is 0.305 e. The summed E-state index contributed by atoms with van der Waals surface area (Å²) in [5.74, 6) is -0.505. The van der Waals surface area contributed by atoms with Crippen LogP contribution in [0.1, 0.15) is 27.5 Å². The number of carbonyl (C=O) groups excluding carboxylic acids is 2. The van der Waals surface area contributed by atoms with E-state index in [1.165, 1.54) is 18.4 Å². The van der Waals surface area contributed by atoms with Crippen LogP contribution in [0, 0.1) is 0 Å². The number of hydrogen-bond donors (Lipinski definition) is 2. The molecule has 1 heterocycles. The van der Waals surface area contributed by atoms with Crippen molar-refractivity contribution in [2.45, 2.75) is 19.4 Å². The van der Waals surface area contributed by atoms with E-state index in [1.807, 2.05) is 12.1 Å². The van der Waals surface area contributed by atoms with Crippen molar-refractivity contribution in [3.05, 3.63) is 45.9 Å². The third-order valence-electron chi connectivity index (χ3n) is 3.02. The first-order valence-electron chi connectivity index (χ1n) is 6.74. The number of benzene rings is 1. The lowest BCUT2D eigenvalue weighted by molar-refractivity contribution is -0.140. The zero-order valence-corrected chi connectivity index (χ0v) is 13.0. The van der Waals surface area contributed by atoms with E-state index >= 15 is 0 Å². The van der Waals surface area contributed by atoms with Gasteiger partial charge in [0.15, 0.2) is 0 Å². The summed E-state index contributed by atoms with van der Waals surface area (Å²) in [6.07, 6.45) is 0.940. The van der Waals surface area contributed by atoms with E-state index in [4.69, 9.17) is 5.73 Å². The third-order valence-corrected chi connectivity index (χ3v) is 3.89. The van der Waals surface area contributed by atoms with Gasteiger partial charge in [-0.25, -0.2) is 4.98 Å².